The van der Waals surface area contributed by atoms with E-state index in [1.807, 2.05) is 25.1 Å². The zero-order chi connectivity index (χ0) is 14.9. The molecule has 0 unspecified atom stereocenters. The molecule has 1 aromatic heterocycles. The molecule has 112 valence electrons. The summed E-state index contributed by atoms with van der Waals surface area (Å²) in [6.07, 6.45) is 2.20. The van der Waals surface area contributed by atoms with Crippen LogP contribution >= 0.6 is 0 Å². The van der Waals surface area contributed by atoms with E-state index in [4.69, 9.17) is 10.5 Å². The maximum atomic E-state index is 5.92. The van der Waals surface area contributed by atoms with Crippen molar-refractivity contribution in [1.29, 1.82) is 0 Å². The SMILES string of the molecule is Cc1cc(NCC2(C)CCOCC2)c2cc(N)ccc2n1. The summed E-state index contributed by atoms with van der Waals surface area (Å²) in [4.78, 5) is 4.57. The molecule has 4 nitrogen and oxygen atoms in total. The number of fused-ring (bicyclic) bond motifs is 1. The summed E-state index contributed by atoms with van der Waals surface area (Å²) in [5.41, 5.74) is 10.1. The summed E-state index contributed by atoms with van der Waals surface area (Å²) in [5.74, 6) is 0. The maximum Gasteiger partial charge on any atom is 0.0727 e. The van der Waals surface area contributed by atoms with Crippen molar-refractivity contribution in [3.63, 3.8) is 0 Å². The van der Waals surface area contributed by atoms with Crippen molar-refractivity contribution < 1.29 is 4.74 Å². The lowest BCUT2D eigenvalue weighted by molar-refractivity contribution is 0.0300. The fraction of sp³-hybridized carbons (Fsp3) is 0.471. The highest BCUT2D eigenvalue weighted by Gasteiger charge is 2.27. The molecule has 1 fully saturated rings. The molecular formula is C17H23N3O. The molecule has 1 saturated heterocycles. The summed E-state index contributed by atoms with van der Waals surface area (Å²) < 4.78 is 5.47. The van der Waals surface area contributed by atoms with Crippen molar-refractivity contribution >= 4 is 22.3 Å². The molecule has 0 radical (unpaired) electrons. The predicted octanol–water partition coefficient (Wildman–Crippen LogP) is 3.35. The van der Waals surface area contributed by atoms with Gasteiger partial charge in [-0.15, -0.1) is 0 Å². The lowest BCUT2D eigenvalue weighted by Crippen LogP contribution is -2.33. The van der Waals surface area contributed by atoms with Crippen LogP contribution in [0.3, 0.4) is 0 Å². The average Bonchev–Trinajstić information content (AvgIpc) is 2.46. The number of aromatic nitrogens is 1. The van der Waals surface area contributed by atoms with Crippen molar-refractivity contribution in [3.8, 4) is 0 Å². The van der Waals surface area contributed by atoms with Gasteiger partial charge in [0.15, 0.2) is 0 Å². The number of nitrogens with two attached hydrogens (primary N) is 1. The van der Waals surface area contributed by atoms with Crippen LogP contribution in [0, 0.1) is 12.3 Å². The lowest BCUT2D eigenvalue weighted by atomic mass is 9.82. The lowest BCUT2D eigenvalue weighted by Gasteiger charge is -2.34. The van der Waals surface area contributed by atoms with E-state index in [9.17, 15) is 0 Å². The number of rotatable bonds is 3. The van der Waals surface area contributed by atoms with Gasteiger partial charge in [-0.3, -0.25) is 4.98 Å². The van der Waals surface area contributed by atoms with Gasteiger partial charge < -0.3 is 15.8 Å². The Morgan fingerprint density at radius 3 is 2.81 bits per heavy atom. The van der Waals surface area contributed by atoms with E-state index < -0.39 is 0 Å². The zero-order valence-electron chi connectivity index (χ0n) is 12.8. The maximum absolute atomic E-state index is 5.92. The van der Waals surface area contributed by atoms with Crippen molar-refractivity contribution in [2.45, 2.75) is 26.7 Å². The number of nitrogen functional groups attached to an aromatic ring is 1. The summed E-state index contributed by atoms with van der Waals surface area (Å²) in [6, 6.07) is 7.98. The van der Waals surface area contributed by atoms with Gasteiger partial charge in [-0.1, -0.05) is 6.92 Å². The average molecular weight is 285 g/mol. The molecule has 0 bridgehead atoms. The van der Waals surface area contributed by atoms with Crippen molar-refractivity contribution in [1.82, 2.24) is 4.98 Å². The smallest absolute Gasteiger partial charge is 0.0727 e. The standard InChI is InChI=1S/C17H23N3O/c1-12-9-16(14-10-13(18)3-4-15(14)20-12)19-11-17(2)5-7-21-8-6-17/h3-4,9-10H,5-8,11,18H2,1-2H3,(H,19,20). The number of hydrogen-bond donors (Lipinski definition) is 2. The Hall–Kier alpha value is -1.81. The molecule has 0 amide bonds. The number of aryl methyl sites for hydroxylation is 1. The largest absolute Gasteiger partial charge is 0.399 e. The number of ether oxygens (including phenoxy) is 1. The molecule has 0 spiro atoms. The predicted molar refractivity (Wildman–Crippen MR) is 87.5 cm³/mol. The van der Waals surface area contributed by atoms with Crippen LogP contribution in [0.5, 0.6) is 0 Å². The van der Waals surface area contributed by atoms with E-state index in [0.717, 1.165) is 60.6 Å². The molecule has 1 aromatic carbocycles. The number of pyridine rings is 1. The van der Waals surface area contributed by atoms with E-state index in [1.54, 1.807) is 0 Å². The van der Waals surface area contributed by atoms with E-state index in [0.29, 0.717) is 5.41 Å². The normalized spacial score (nSPS) is 17.8. The molecule has 1 aliphatic rings. The van der Waals surface area contributed by atoms with Crippen LogP contribution in [0.4, 0.5) is 11.4 Å². The first-order valence-corrected chi connectivity index (χ1v) is 7.54. The molecule has 21 heavy (non-hydrogen) atoms. The molecule has 4 heteroatoms. The molecule has 2 heterocycles. The highest BCUT2D eigenvalue weighted by Crippen LogP contribution is 2.32. The second-order valence-electron chi connectivity index (χ2n) is 6.36. The van der Waals surface area contributed by atoms with Crippen LogP contribution in [0.1, 0.15) is 25.5 Å². The van der Waals surface area contributed by atoms with Crippen molar-refractivity contribution in [2.24, 2.45) is 5.41 Å². The van der Waals surface area contributed by atoms with Gasteiger partial charge in [0.25, 0.3) is 0 Å². The van der Waals surface area contributed by atoms with Gasteiger partial charge >= 0.3 is 0 Å². The number of benzene rings is 1. The number of hydrogen-bond acceptors (Lipinski definition) is 4. The minimum atomic E-state index is 0.294. The van der Waals surface area contributed by atoms with Crippen molar-refractivity contribution in [2.75, 3.05) is 30.8 Å². The fourth-order valence-corrected chi connectivity index (χ4v) is 2.87. The molecule has 3 rings (SSSR count). The zero-order valence-corrected chi connectivity index (χ0v) is 12.8. The topological polar surface area (TPSA) is 60.2 Å². The van der Waals surface area contributed by atoms with Gasteiger partial charge in [0.2, 0.25) is 0 Å². The molecule has 3 N–H and O–H groups in total. The van der Waals surface area contributed by atoms with Gasteiger partial charge in [-0.25, -0.2) is 0 Å². The van der Waals surface area contributed by atoms with Gasteiger partial charge in [-0.2, -0.15) is 0 Å². The van der Waals surface area contributed by atoms with Gasteiger partial charge in [0.05, 0.1) is 5.52 Å². The van der Waals surface area contributed by atoms with E-state index in [-0.39, 0.29) is 0 Å². The number of anilines is 2. The quantitative estimate of drug-likeness (QED) is 0.849. The Morgan fingerprint density at radius 2 is 2.05 bits per heavy atom. The second kappa shape index (κ2) is 5.53. The van der Waals surface area contributed by atoms with Gasteiger partial charge in [0, 0.05) is 42.2 Å². The molecule has 0 saturated carbocycles. The first-order chi connectivity index (χ1) is 10.1. The van der Waals surface area contributed by atoms with Crippen LogP contribution in [-0.4, -0.2) is 24.7 Å². The first kappa shape index (κ1) is 14.1. The van der Waals surface area contributed by atoms with Crippen LogP contribution in [0.15, 0.2) is 24.3 Å². The Labute approximate surface area is 125 Å². The molecule has 1 aliphatic heterocycles. The highest BCUT2D eigenvalue weighted by atomic mass is 16.5. The Balaban J connectivity index is 1.87. The Kier molecular flexibility index (Phi) is 3.72. The monoisotopic (exact) mass is 285 g/mol. The van der Waals surface area contributed by atoms with E-state index in [2.05, 4.69) is 23.3 Å². The van der Waals surface area contributed by atoms with E-state index in [1.165, 1.54) is 0 Å². The number of nitrogens with one attached hydrogen (secondary N) is 1. The number of nitrogens with zero attached hydrogens (tertiary/aromatic N) is 1. The molecule has 0 atom stereocenters. The first-order valence-electron chi connectivity index (χ1n) is 7.54. The third-order valence-electron chi connectivity index (χ3n) is 4.37. The highest BCUT2D eigenvalue weighted by molar-refractivity contribution is 5.93. The minimum Gasteiger partial charge on any atom is -0.399 e. The van der Waals surface area contributed by atoms with Crippen LogP contribution in [0.25, 0.3) is 10.9 Å². The second-order valence-corrected chi connectivity index (χ2v) is 6.36. The molecular weight excluding hydrogens is 262 g/mol. The summed E-state index contributed by atoms with van der Waals surface area (Å²) in [6.45, 7) is 7.02. The van der Waals surface area contributed by atoms with Crippen molar-refractivity contribution in [3.05, 3.63) is 30.0 Å². The van der Waals surface area contributed by atoms with Crippen LogP contribution in [0.2, 0.25) is 0 Å². The summed E-state index contributed by atoms with van der Waals surface area (Å²) >= 11 is 0. The fourth-order valence-electron chi connectivity index (χ4n) is 2.87. The Bertz CT molecular complexity index is 648. The van der Waals surface area contributed by atoms with Crippen LogP contribution in [-0.2, 0) is 4.74 Å². The Morgan fingerprint density at radius 1 is 1.29 bits per heavy atom. The summed E-state index contributed by atoms with van der Waals surface area (Å²) in [7, 11) is 0. The third-order valence-corrected chi connectivity index (χ3v) is 4.37. The summed E-state index contributed by atoms with van der Waals surface area (Å²) in [5, 5.41) is 4.71. The minimum absolute atomic E-state index is 0.294. The van der Waals surface area contributed by atoms with Gasteiger partial charge in [-0.05, 0) is 49.4 Å². The third kappa shape index (κ3) is 3.10. The van der Waals surface area contributed by atoms with Gasteiger partial charge in [0.1, 0.15) is 0 Å². The van der Waals surface area contributed by atoms with E-state index >= 15 is 0 Å². The molecule has 2 aromatic rings. The molecule has 0 aliphatic carbocycles. The van der Waals surface area contributed by atoms with Crippen LogP contribution < -0.4 is 11.1 Å².